The van der Waals surface area contributed by atoms with Crippen LogP contribution in [0.3, 0.4) is 0 Å². The van der Waals surface area contributed by atoms with Crippen LogP contribution in [0.15, 0.2) is 102 Å². The van der Waals surface area contributed by atoms with Crippen LogP contribution < -0.4 is 16.0 Å². The third-order valence-corrected chi connectivity index (χ3v) is 6.42. The summed E-state index contributed by atoms with van der Waals surface area (Å²) in [4.78, 5) is 40.5. The molecule has 1 amide bonds. The number of halogens is 1. The lowest BCUT2D eigenvalue weighted by molar-refractivity contribution is -0.139. The summed E-state index contributed by atoms with van der Waals surface area (Å²) < 4.78 is 10.1. The van der Waals surface area contributed by atoms with Crippen LogP contribution in [0.4, 0.5) is 11.4 Å². The molecule has 3 aromatic rings. The zero-order valence-corrected chi connectivity index (χ0v) is 21.7. The van der Waals surface area contributed by atoms with E-state index in [1.165, 1.54) is 25.2 Å². The Labute approximate surface area is 229 Å². The van der Waals surface area contributed by atoms with E-state index in [0.29, 0.717) is 11.3 Å². The first-order chi connectivity index (χ1) is 18.8. The highest BCUT2D eigenvalue weighted by atomic mass is 35.5. The Balaban J connectivity index is 1.89. The van der Waals surface area contributed by atoms with Gasteiger partial charge in [0.05, 0.1) is 47.9 Å². The monoisotopic (exact) mass is 542 g/mol. The number of carbonyl (C=O) groups excluding carboxylic acids is 3. The molecule has 0 spiro atoms. The number of carbonyl (C=O) groups is 3. The van der Waals surface area contributed by atoms with Crippen molar-refractivity contribution < 1.29 is 23.9 Å². The topological polar surface area (TPSA) is 135 Å². The number of nitriles is 1. The van der Waals surface area contributed by atoms with E-state index in [1.54, 1.807) is 72.8 Å². The molecule has 39 heavy (non-hydrogen) atoms. The standard InChI is InChI=1S/C29H23ClN4O5/c1-38-28(36)24-23(17-9-4-3-5-10-17)21(16-31)26(32)34(25(24)29(37)39-2)19-12-8-11-18(15-19)33-27(35)20-13-6-7-14-22(20)30/h3-15,23H,32H2,1-2H3,(H,33,35). The van der Waals surface area contributed by atoms with Gasteiger partial charge < -0.3 is 20.5 Å². The maximum atomic E-state index is 13.2. The summed E-state index contributed by atoms with van der Waals surface area (Å²) in [6.07, 6.45) is 0. The highest BCUT2D eigenvalue weighted by Crippen LogP contribution is 2.43. The number of hydrogen-bond acceptors (Lipinski definition) is 8. The van der Waals surface area contributed by atoms with Gasteiger partial charge in [-0.2, -0.15) is 5.26 Å². The Hall–Kier alpha value is -5.07. The lowest BCUT2D eigenvalue weighted by Gasteiger charge is -2.36. The minimum atomic E-state index is -0.989. The summed E-state index contributed by atoms with van der Waals surface area (Å²) in [7, 11) is 2.34. The molecule has 3 N–H and O–H groups in total. The number of nitrogens with zero attached hydrogens (tertiary/aromatic N) is 2. The fourth-order valence-corrected chi connectivity index (χ4v) is 4.57. The summed E-state index contributed by atoms with van der Waals surface area (Å²) in [6.45, 7) is 0. The van der Waals surface area contributed by atoms with Crippen molar-refractivity contribution in [2.45, 2.75) is 5.92 Å². The molecule has 3 aromatic carbocycles. The van der Waals surface area contributed by atoms with E-state index in [0.717, 1.165) is 0 Å². The Kier molecular flexibility index (Phi) is 7.98. The van der Waals surface area contributed by atoms with Gasteiger partial charge in [-0.1, -0.05) is 60.1 Å². The maximum absolute atomic E-state index is 13.2. The van der Waals surface area contributed by atoms with Crippen LogP contribution >= 0.6 is 11.6 Å². The first kappa shape index (κ1) is 27.0. The van der Waals surface area contributed by atoms with Crippen LogP contribution in [0.1, 0.15) is 21.8 Å². The third-order valence-electron chi connectivity index (χ3n) is 6.09. The number of hydrogen-bond donors (Lipinski definition) is 2. The predicted molar refractivity (Wildman–Crippen MR) is 145 cm³/mol. The van der Waals surface area contributed by atoms with Crippen molar-refractivity contribution in [3.63, 3.8) is 0 Å². The predicted octanol–water partition coefficient (Wildman–Crippen LogP) is 4.49. The molecule has 10 heteroatoms. The van der Waals surface area contributed by atoms with Crippen LogP contribution in [0.2, 0.25) is 5.02 Å². The van der Waals surface area contributed by atoms with Gasteiger partial charge in [0.1, 0.15) is 11.5 Å². The number of allylic oxidation sites excluding steroid dienone is 1. The lowest BCUT2D eigenvalue weighted by atomic mass is 9.81. The normalized spacial score (nSPS) is 14.9. The number of amides is 1. The fourth-order valence-electron chi connectivity index (χ4n) is 4.35. The minimum Gasteiger partial charge on any atom is -0.466 e. The summed E-state index contributed by atoms with van der Waals surface area (Å²) in [5.74, 6) is -3.24. The van der Waals surface area contributed by atoms with Crippen molar-refractivity contribution in [1.82, 2.24) is 0 Å². The van der Waals surface area contributed by atoms with Crippen molar-refractivity contribution in [2.75, 3.05) is 24.4 Å². The fraction of sp³-hybridized carbons (Fsp3) is 0.103. The zero-order chi connectivity index (χ0) is 28.1. The largest absolute Gasteiger partial charge is 0.466 e. The van der Waals surface area contributed by atoms with Crippen LogP contribution in [0.5, 0.6) is 0 Å². The molecule has 0 aromatic heterocycles. The van der Waals surface area contributed by atoms with Crippen LogP contribution in [0, 0.1) is 11.3 Å². The molecule has 0 saturated carbocycles. The van der Waals surface area contributed by atoms with Gasteiger partial charge in [0.25, 0.3) is 5.91 Å². The molecular weight excluding hydrogens is 520 g/mol. The molecule has 1 aliphatic heterocycles. The van der Waals surface area contributed by atoms with Crippen LogP contribution in [-0.4, -0.2) is 32.1 Å². The smallest absolute Gasteiger partial charge is 0.355 e. The van der Waals surface area contributed by atoms with Crippen molar-refractivity contribution in [3.8, 4) is 6.07 Å². The van der Waals surface area contributed by atoms with E-state index >= 15 is 0 Å². The average Bonchev–Trinajstić information content (AvgIpc) is 2.96. The number of esters is 2. The molecule has 1 atom stereocenters. The molecule has 1 aliphatic rings. The molecule has 1 heterocycles. The molecule has 0 radical (unpaired) electrons. The summed E-state index contributed by atoms with van der Waals surface area (Å²) in [6, 6.07) is 23.8. The number of anilines is 2. The van der Waals surface area contributed by atoms with Crippen molar-refractivity contribution in [2.24, 2.45) is 5.73 Å². The molecular formula is C29H23ClN4O5. The first-order valence-electron chi connectivity index (χ1n) is 11.6. The number of benzene rings is 3. The quantitative estimate of drug-likeness (QED) is 0.435. The summed E-state index contributed by atoms with van der Waals surface area (Å²) in [5, 5.41) is 13.2. The second-order valence-electron chi connectivity index (χ2n) is 8.32. The van der Waals surface area contributed by atoms with E-state index in [1.807, 2.05) is 0 Å². The summed E-state index contributed by atoms with van der Waals surface area (Å²) in [5.41, 5.74) is 7.67. The third kappa shape index (κ3) is 5.19. The number of nitrogens with one attached hydrogen (secondary N) is 1. The lowest BCUT2D eigenvalue weighted by Crippen LogP contribution is -2.40. The number of rotatable bonds is 6. The van der Waals surface area contributed by atoms with Crippen molar-refractivity contribution >= 4 is 40.8 Å². The van der Waals surface area contributed by atoms with E-state index in [4.69, 9.17) is 26.8 Å². The van der Waals surface area contributed by atoms with E-state index in [9.17, 15) is 19.6 Å². The van der Waals surface area contributed by atoms with E-state index in [2.05, 4.69) is 11.4 Å². The van der Waals surface area contributed by atoms with Crippen LogP contribution in [-0.2, 0) is 19.1 Å². The van der Waals surface area contributed by atoms with Gasteiger partial charge in [-0.15, -0.1) is 0 Å². The number of nitrogens with two attached hydrogens (primary N) is 1. The Morgan fingerprint density at radius 3 is 2.26 bits per heavy atom. The highest BCUT2D eigenvalue weighted by Gasteiger charge is 2.43. The highest BCUT2D eigenvalue weighted by molar-refractivity contribution is 6.34. The molecule has 0 saturated heterocycles. The van der Waals surface area contributed by atoms with Crippen LogP contribution in [0.25, 0.3) is 0 Å². The molecule has 0 fully saturated rings. The first-order valence-corrected chi connectivity index (χ1v) is 12.0. The SMILES string of the molecule is COC(=O)C1=C(C(=O)OC)N(c2cccc(NC(=O)c3ccccc3Cl)c2)C(N)=C(C#N)C1c1ccccc1. The van der Waals surface area contributed by atoms with Gasteiger partial charge in [0.15, 0.2) is 0 Å². The molecule has 9 nitrogen and oxygen atoms in total. The molecule has 1 unspecified atom stereocenters. The second-order valence-corrected chi connectivity index (χ2v) is 8.73. The minimum absolute atomic E-state index is 0.0276. The van der Waals surface area contributed by atoms with Gasteiger partial charge in [0.2, 0.25) is 0 Å². The number of ether oxygens (including phenoxy) is 2. The molecule has 0 bridgehead atoms. The summed E-state index contributed by atoms with van der Waals surface area (Å²) >= 11 is 6.16. The Bertz CT molecular complexity index is 1560. The Morgan fingerprint density at radius 2 is 1.62 bits per heavy atom. The van der Waals surface area contributed by atoms with Gasteiger partial charge in [0, 0.05) is 11.4 Å². The van der Waals surface area contributed by atoms with Crippen molar-refractivity contribution in [3.05, 3.63) is 118 Å². The average molecular weight is 543 g/mol. The molecule has 4 rings (SSSR count). The molecule has 196 valence electrons. The number of methoxy groups -OCH3 is 2. The van der Waals surface area contributed by atoms with E-state index < -0.39 is 23.8 Å². The van der Waals surface area contributed by atoms with Gasteiger partial charge in [-0.25, -0.2) is 9.59 Å². The Morgan fingerprint density at radius 1 is 0.949 bits per heavy atom. The van der Waals surface area contributed by atoms with Gasteiger partial charge >= 0.3 is 11.9 Å². The molecule has 0 aliphatic carbocycles. The van der Waals surface area contributed by atoms with Gasteiger partial charge in [-0.05, 0) is 35.9 Å². The van der Waals surface area contributed by atoms with Gasteiger partial charge in [-0.3, -0.25) is 9.69 Å². The van der Waals surface area contributed by atoms with E-state index in [-0.39, 0.29) is 38.9 Å². The zero-order valence-electron chi connectivity index (χ0n) is 21.0. The van der Waals surface area contributed by atoms with Crippen molar-refractivity contribution in [1.29, 1.82) is 5.26 Å². The second kappa shape index (κ2) is 11.5. The maximum Gasteiger partial charge on any atom is 0.355 e.